The number of aliphatic carboxylic acids is 1. The smallest absolute Gasteiger partial charge is 0.317 e. The molecule has 0 amide bonds. The zero-order valence-corrected chi connectivity index (χ0v) is 15.4. The molecule has 1 fully saturated rings. The molecule has 8 heteroatoms. The first-order chi connectivity index (χ1) is 10.8. The van der Waals surface area contributed by atoms with Gasteiger partial charge in [0.1, 0.15) is 0 Å². The third kappa shape index (κ3) is 4.12. The number of piperidine rings is 1. The van der Waals surface area contributed by atoms with Gasteiger partial charge in [0.2, 0.25) is 10.0 Å². The van der Waals surface area contributed by atoms with Gasteiger partial charge in [0, 0.05) is 28.9 Å². The summed E-state index contributed by atoms with van der Waals surface area (Å²) in [5.41, 5.74) is 0. The molecule has 130 valence electrons. The van der Waals surface area contributed by atoms with E-state index in [4.69, 9.17) is 5.11 Å². The molecule has 2 rings (SSSR count). The minimum absolute atomic E-state index is 0.0107. The Bertz CT molecular complexity index is 661. The van der Waals surface area contributed by atoms with Crippen LogP contribution in [-0.4, -0.2) is 60.9 Å². The quantitative estimate of drug-likeness (QED) is 0.839. The maximum absolute atomic E-state index is 12.8. The van der Waals surface area contributed by atoms with Crippen LogP contribution in [0.5, 0.6) is 0 Å². The molecule has 1 aromatic heterocycles. The molecule has 0 spiro atoms. The van der Waals surface area contributed by atoms with Crippen molar-refractivity contribution in [2.24, 2.45) is 0 Å². The lowest BCUT2D eigenvalue weighted by atomic mass is 10.0. The molecule has 6 nitrogen and oxygen atoms in total. The zero-order chi connectivity index (χ0) is 17.2. The second kappa shape index (κ2) is 7.29. The number of carboxylic acid groups (broad SMARTS) is 1. The molecular formula is C15H24N2O4S2. The van der Waals surface area contributed by atoms with E-state index in [9.17, 15) is 13.2 Å². The summed E-state index contributed by atoms with van der Waals surface area (Å²) in [6.07, 6.45) is 1.34. The highest BCUT2D eigenvalue weighted by Gasteiger charge is 2.33. The number of nitrogens with zero attached hydrogens (tertiary/aromatic N) is 2. The molecule has 2 heterocycles. The van der Waals surface area contributed by atoms with Crippen LogP contribution >= 0.6 is 11.3 Å². The Kier molecular flexibility index (Phi) is 5.83. The lowest BCUT2D eigenvalue weighted by Gasteiger charge is -2.36. The van der Waals surface area contributed by atoms with Gasteiger partial charge in [0.25, 0.3) is 0 Å². The number of hydrogen-bond donors (Lipinski definition) is 1. The Morgan fingerprint density at radius 1 is 1.39 bits per heavy atom. The Morgan fingerprint density at radius 3 is 2.43 bits per heavy atom. The van der Waals surface area contributed by atoms with E-state index in [1.165, 1.54) is 15.6 Å². The number of sulfonamides is 1. The normalized spacial score (nSPS) is 17.7. The highest BCUT2D eigenvalue weighted by atomic mass is 32.2. The molecule has 1 aliphatic heterocycles. The van der Waals surface area contributed by atoms with Crippen LogP contribution in [0.1, 0.15) is 29.5 Å². The minimum Gasteiger partial charge on any atom is -0.480 e. The Hall–Kier alpha value is -0.960. The number of aryl methyl sites for hydroxylation is 2. The van der Waals surface area contributed by atoms with Gasteiger partial charge in [0.15, 0.2) is 0 Å². The summed E-state index contributed by atoms with van der Waals surface area (Å²) in [6, 6.07) is 1.87. The first kappa shape index (κ1) is 18.4. The van der Waals surface area contributed by atoms with E-state index >= 15 is 0 Å². The van der Waals surface area contributed by atoms with Crippen LogP contribution in [0.25, 0.3) is 0 Å². The number of thiophene rings is 1. The number of carboxylic acids is 1. The Morgan fingerprint density at radius 2 is 2.00 bits per heavy atom. The monoisotopic (exact) mass is 360 g/mol. The maximum Gasteiger partial charge on any atom is 0.317 e. The van der Waals surface area contributed by atoms with Gasteiger partial charge in [0.05, 0.1) is 11.4 Å². The fourth-order valence-electron chi connectivity index (χ4n) is 3.12. The van der Waals surface area contributed by atoms with Crippen LogP contribution in [0.2, 0.25) is 0 Å². The van der Waals surface area contributed by atoms with Gasteiger partial charge in [-0.15, -0.1) is 11.3 Å². The third-order valence-corrected chi connectivity index (χ3v) is 7.42. The summed E-state index contributed by atoms with van der Waals surface area (Å²) in [6.45, 7) is 7.23. The SMILES string of the molecule is CCN(CC(=O)O)C1CCN(S(=O)(=O)c2cc(C)sc2C)CC1. The minimum atomic E-state index is -3.44. The number of rotatable bonds is 6. The van der Waals surface area contributed by atoms with Crippen LogP contribution in [0.15, 0.2) is 11.0 Å². The fraction of sp³-hybridized carbons (Fsp3) is 0.667. The third-order valence-electron chi connectivity index (χ3n) is 4.30. The summed E-state index contributed by atoms with van der Waals surface area (Å²) in [5.74, 6) is -0.841. The number of carbonyl (C=O) groups is 1. The van der Waals surface area contributed by atoms with Crippen molar-refractivity contribution in [1.82, 2.24) is 9.21 Å². The molecule has 23 heavy (non-hydrogen) atoms. The van der Waals surface area contributed by atoms with Crippen LogP contribution in [0.3, 0.4) is 0 Å². The van der Waals surface area contributed by atoms with Crippen molar-refractivity contribution >= 4 is 27.3 Å². The van der Waals surface area contributed by atoms with E-state index in [1.807, 2.05) is 25.7 Å². The van der Waals surface area contributed by atoms with Crippen molar-refractivity contribution in [3.63, 3.8) is 0 Å². The molecule has 0 saturated carbocycles. The van der Waals surface area contributed by atoms with Gasteiger partial charge in [-0.25, -0.2) is 8.42 Å². The molecule has 1 aliphatic rings. The number of likely N-dealkylation sites (N-methyl/N-ethyl adjacent to an activating group) is 1. The average molecular weight is 361 g/mol. The molecule has 1 N–H and O–H groups in total. The van der Waals surface area contributed by atoms with E-state index in [0.29, 0.717) is 37.4 Å². The van der Waals surface area contributed by atoms with Crippen molar-refractivity contribution in [3.05, 3.63) is 15.8 Å². The molecule has 1 saturated heterocycles. The molecular weight excluding hydrogens is 336 g/mol. The van der Waals surface area contributed by atoms with Crippen LogP contribution in [0, 0.1) is 13.8 Å². The average Bonchev–Trinajstić information content (AvgIpc) is 2.84. The Labute approximate surface area is 141 Å². The highest BCUT2D eigenvalue weighted by Crippen LogP contribution is 2.29. The van der Waals surface area contributed by atoms with Crippen molar-refractivity contribution < 1.29 is 18.3 Å². The highest BCUT2D eigenvalue weighted by molar-refractivity contribution is 7.89. The van der Waals surface area contributed by atoms with Gasteiger partial charge < -0.3 is 5.11 Å². The van der Waals surface area contributed by atoms with Crippen LogP contribution in [-0.2, 0) is 14.8 Å². The van der Waals surface area contributed by atoms with E-state index in [2.05, 4.69) is 0 Å². The molecule has 0 aromatic carbocycles. The van der Waals surface area contributed by atoms with Crippen LogP contribution < -0.4 is 0 Å². The molecule has 1 aromatic rings. The van der Waals surface area contributed by atoms with Crippen molar-refractivity contribution in [1.29, 1.82) is 0 Å². The van der Waals surface area contributed by atoms with Gasteiger partial charge in [-0.2, -0.15) is 4.31 Å². The molecule has 0 bridgehead atoms. The molecule has 0 atom stereocenters. The topological polar surface area (TPSA) is 77.9 Å². The molecule has 0 radical (unpaired) electrons. The van der Waals surface area contributed by atoms with E-state index in [-0.39, 0.29) is 12.6 Å². The van der Waals surface area contributed by atoms with Gasteiger partial charge >= 0.3 is 5.97 Å². The first-order valence-corrected chi connectivity index (χ1v) is 10.0. The summed E-state index contributed by atoms with van der Waals surface area (Å²) in [5, 5.41) is 8.96. The second-order valence-corrected chi connectivity index (χ2v) is 9.24. The van der Waals surface area contributed by atoms with Gasteiger partial charge in [-0.05, 0) is 39.3 Å². The van der Waals surface area contributed by atoms with Crippen LogP contribution in [0.4, 0.5) is 0 Å². The predicted octanol–water partition coefficient (Wildman–Crippen LogP) is 1.92. The van der Waals surface area contributed by atoms with E-state index < -0.39 is 16.0 Å². The predicted molar refractivity (Wildman–Crippen MR) is 90.5 cm³/mol. The van der Waals surface area contributed by atoms with Gasteiger partial charge in [-0.3, -0.25) is 9.69 Å². The zero-order valence-electron chi connectivity index (χ0n) is 13.8. The largest absolute Gasteiger partial charge is 0.480 e. The van der Waals surface area contributed by atoms with E-state index in [0.717, 1.165) is 9.75 Å². The van der Waals surface area contributed by atoms with Crippen molar-refractivity contribution in [3.8, 4) is 0 Å². The fourth-order valence-corrected chi connectivity index (χ4v) is 6.12. The summed E-state index contributed by atoms with van der Waals surface area (Å²) in [4.78, 5) is 15.1. The van der Waals surface area contributed by atoms with Gasteiger partial charge in [-0.1, -0.05) is 6.92 Å². The summed E-state index contributed by atoms with van der Waals surface area (Å²) < 4.78 is 27.1. The lowest BCUT2D eigenvalue weighted by molar-refractivity contribution is -0.139. The molecule has 0 aliphatic carbocycles. The number of hydrogen-bond acceptors (Lipinski definition) is 5. The summed E-state index contributed by atoms with van der Waals surface area (Å²) >= 11 is 1.50. The second-order valence-electron chi connectivity index (χ2n) is 5.87. The first-order valence-electron chi connectivity index (χ1n) is 7.78. The molecule has 0 unspecified atom stereocenters. The van der Waals surface area contributed by atoms with Crippen molar-refractivity contribution in [2.75, 3.05) is 26.2 Å². The van der Waals surface area contributed by atoms with E-state index in [1.54, 1.807) is 6.07 Å². The van der Waals surface area contributed by atoms with Crippen molar-refractivity contribution in [2.45, 2.75) is 44.6 Å². The maximum atomic E-state index is 12.8. The lowest BCUT2D eigenvalue weighted by Crippen LogP contribution is -2.48. The Balaban J connectivity index is 2.06. The summed E-state index contributed by atoms with van der Waals surface area (Å²) in [7, 11) is -3.44. The standard InChI is InChI=1S/C15H24N2O4S2/c1-4-16(10-15(18)19)13-5-7-17(8-6-13)23(20,21)14-9-11(2)22-12(14)3/h9,13H,4-8,10H2,1-3H3,(H,18,19).